The maximum absolute atomic E-state index is 10.8. The smallest absolute Gasteiger partial charge is 0.269 e. The van der Waals surface area contributed by atoms with E-state index >= 15 is 0 Å². The highest BCUT2D eigenvalue weighted by Crippen LogP contribution is 2.31. The molecule has 4 nitrogen and oxygen atoms in total. The number of hydrogen-bond donors (Lipinski definition) is 0. The minimum Gasteiger partial charge on any atom is -0.299 e. The van der Waals surface area contributed by atoms with Gasteiger partial charge in [0.15, 0.2) is 0 Å². The summed E-state index contributed by atoms with van der Waals surface area (Å²) >= 11 is 0. The number of nitrogens with zero attached hydrogens (tertiary/aromatic N) is 2. The first-order valence-electron chi connectivity index (χ1n) is 9.77. The first-order valence-corrected chi connectivity index (χ1v) is 9.77. The van der Waals surface area contributed by atoms with Crippen LogP contribution in [0.25, 0.3) is 0 Å². The quantitative estimate of drug-likeness (QED) is 0.585. The standard InChI is InChI=1S/C22H26N2O2/c25-24(26)21-10-8-17(9-11-21)18-12-14-23(15-13-18)16-20-6-3-5-19-4-1-2-7-22(19)20/h3,5-6,8-11,18H,1-2,4,7,12-16H2. The molecule has 1 aliphatic heterocycles. The van der Waals surface area contributed by atoms with Gasteiger partial charge in [-0.15, -0.1) is 0 Å². The largest absolute Gasteiger partial charge is 0.299 e. The van der Waals surface area contributed by atoms with Crippen LogP contribution in [0.2, 0.25) is 0 Å². The van der Waals surface area contributed by atoms with Crippen molar-refractivity contribution in [1.82, 2.24) is 4.90 Å². The maximum Gasteiger partial charge on any atom is 0.269 e. The predicted octanol–water partition coefficient (Wildman–Crippen LogP) is 4.85. The topological polar surface area (TPSA) is 46.4 Å². The minimum atomic E-state index is -0.326. The molecule has 1 fully saturated rings. The van der Waals surface area contributed by atoms with Crippen LogP contribution in [0.5, 0.6) is 0 Å². The van der Waals surface area contributed by atoms with E-state index in [4.69, 9.17) is 0 Å². The molecule has 0 aromatic heterocycles. The van der Waals surface area contributed by atoms with Crippen molar-refractivity contribution in [2.24, 2.45) is 0 Å². The molecular formula is C22H26N2O2. The molecule has 0 radical (unpaired) electrons. The molecule has 0 atom stereocenters. The highest BCUT2D eigenvalue weighted by Gasteiger charge is 2.22. The van der Waals surface area contributed by atoms with Gasteiger partial charge in [-0.2, -0.15) is 0 Å². The highest BCUT2D eigenvalue weighted by atomic mass is 16.6. The fourth-order valence-electron chi connectivity index (χ4n) is 4.54. The number of non-ortho nitro benzene ring substituents is 1. The molecule has 0 spiro atoms. The van der Waals surface area contributed by atoms with Gasteiger partial charge in [-0.3, -0.25) is 15.0 Å². The summed E-state index contributed by atoms with van der Waals surface area (Å²) in [6.45, 7) is 3.27. The van der Waals surface area contributed by atoms with Crippen LogP contribution >= 0.6 is 0 Å². The second-order valence-electron chi connectivity index (χ2n) is 7.66. The molecule has 1 heterocycles. The Morgan fingerprint density at radius 1 is 1.00 bits per heavy atom. The molecular weight excluding hydrogens is 324 g/mol. The van der Waals surface area contributed by atoms with Gasteiger partial charge < -0.3 is 0 Å². The second-order valence-corrected chi connectivity index (χ2v) is 7.66. The third-order valence-electron chi connectivity index (χ3n) is 6.05. The van der Waals surface area contributed by atoms with Crippen molar-refractivity contribution < 1.29 is 4.92 Å². The summed E-state index contributed by atoms with van der Waals surface area (Å²) in [5, 5.41) is 10.8. The summed E-state index contributed by atoms with van der Waals surface area (Å²) in [7, 11) is 0. The number of nitro benzene ring substituents is 1. The number of piperidine rings is 1. The number of aryl methyl sites for hydroxylation is 1. The second kappa shape index (κ2) is 7.58. The van der Waals surface area contributed by atoms with Crippen LogP contribution in [0.4, 0.5) is 5.69 Å². The van der Waals surface area contributed by atoms with Crippen LogP contribution < -0.4 is 0 Å². The van der Waals surface area contributed by atoms with Crippen LogP contribution in [0.15, 0.2) is 42.5 Å². The van der Waals surface area contributed by atoms with E-state index in [1.165, 1.54) is 36.8 Å². The van der Waals surface area contributed by atoms with Crippen molar-refractivity contribution in [3.05, 3.63) is 74.8 Å². The third kappa shape index (κ3) is 3.65. The van der Waals surface area contributed by atoms with E-state index in [2.05, 4.69) is 23.1 Å². The van der Waals surface area contributed by atoms with Gasteiger partial charge in [0.2, 0.25) is 0 Å². The zero-order chi connectivity index (χ0) is 17.9. The highest BCUT2D eigenvalue weighted by molar-refractivity contribution is 5.37. The number of fused-ring (bicyclic) bond motifs is 1. The number of hydrogen-bond acceptors (Lipinski definition) is 3. The number of rotatable bonds is 4. The zero-order valence-electron chi connectivity index (χ0n) is 15.2. The van der Waals surface area contributed by atoms with Gasteiger partial charge in [-0.1, -0.05) is 30.3 Å². The van der Waals surface area contributed by atoms with Gasteiger partial charge in [-0.05, 0) is 79.8 Å². The number of nitro groups is 1. The molecule has 0 N–H and O–H groups in total. The lowest BCUT2D eigenvalue weighted by Gasteiger charge is -2.33. The Hall–Kier alpha value is -2.20. The Balaban J connectivity index is 1.37. The molecule has 4 rings (SSSR count). The molecule has 0 amide bonds. The fourth-order valence-corrected chi connectivity index (χ4v) is 4.54. The Morgan fingerprint density at radius 3 is 2.46 bits per heavy atom. The summed E-state index contributed by atoms with van der Waals surface area (Å²) in [5.74, 6) is 0.525. The Labute approximate surface area is 155 Å². The first kappa shape index (κ1) is 17.2. The predicted molar refractivity (Wildman–Crippen MR) is 103 cm³/mol. The lowest BCUT2D eigenvalue weighted by Crippen LogP contribution is -2.33. The first-order chi connectivity index (χ1) is 12.7. The van der Waals surface area contributed by atoms with Crippen LogP contribution in [-0.2, 0) is 19.4 Å². The summed E-state index contributed by atoms with van der Waals surface area (Å²) in [6.07, 6.45) is 7.40. The molecule has 1 saturated heterocycles. The van der Waals surface area contributed by atoms with Gasteiger partial charge in [0.05, 0.1) is 4.92 Å². The van der Waals surface area contributed by atoms with Crippen molar-refractivity contribution in [2.45, 2.75) is 51.0 Å². The average Bonchev–Trinajstić information content (AvgIpc) is 2.69. The molecule has 2 aromatic rings. The van der Waals surface area contributed by atoms with Gasteiger partial charge in [-0.25, -0.2) is 0 Å². The monoisotopic (exact) mass is 350 g/mol. The van der Waals surface area contributed by atoms with E-state index in [0.29, 0.717) is 5.92 Å². The van der Waals surface area contributed by atoms with E-state index in [-0.39, 0.29) is 10.6 Å². The molecule has 4 heteroatoms. The van der Waals surface area contributed by atoms with Gasteiger partial charge >= 0.3 is 0 Å². The third-order valence-corrected chi connectivity index (χ3v) is 6.05. The van der Waals surface area contributed by atoms with Crippen LogP contribution in [0.1, 0.15) is 53.9 Å². The SMILES string of the molecule is O=[N+]([O-])c1ccc(C2CCN(Cc3cccc4c3CCCC4)CC2)cc1. The number of likely N-dealkylation sites (tertiary alicyclic amines) is 1. The molecule has 2 aromatic carbocycles. The lowest BCUT2D eigenvalue weighted by molar-refractivity contribution is -0.384. The number of benzene rings is 2. The van der Waals surface area contributed by atoms with E-state index in [1.807, 2.05) is 12.1 Å². The molecule has 136 valence electrons. The fraction of sp³-hybridized carbons (Fsp3) is 0.455. The normalized spacial score (nSPS) is 18.5. The van der Waals surface area contributed by atoms with E-state index in [9.17, 15) is 10.1 Å². The molecule has 26 heavy (non-hydrogen) atoms. The van der Waals surface area contributed by atoms with Crippen molar-refractivity contribution in [3.8, 4) is 0 Å². The summed E-state index contributed by atoms with van der Waals surface area (Å²) in [4.78, 5) is 13.1. The van der Waals surface area contributed by atoms with Crippen molar-refractivity contribution >= 4 is 5.69 Å². The minimum absolute atomic E-state index is 0.181. The Morgan fingerprint density at radius 2 is 1.73 bits per heavy atom. The average molecular weight is 350 g/mol. The van der Waals surface area contributed by atoms with Gasteiger partial charge in [0.25, 0.3) is 5.69 Å². The molecule has 2 aliphatic rings. The van der Waals surface area contributed by atoms with Gasteiger partial charge in [0, 0.05) is 18.7 Å². The van der Waals surface area contributed by atoms with E-state index in [1.54, 1.807) is 23.3 Å². The molecule has 0 saturated carbocycles. The zero-order valence-corrected chi connectivity index (χ0v) is 15.2. The Kier molecular flexibility index (Phi) is 5.02. The van der Waals surface area contributed by atoms with Crippen molar-refractivity contribution in [3.63, 3.8) is 0 Å². The maximum atomic E-state index is 10.8. The molecule has 0 unspecified atom stereocenters. The Bertz CT molecular complexity index is 777. The van der Waals surface area contributed by atoms with Crippen LogP contribution in [0.3, 0.4) is 0 Å². The van der Waals surface area contributed by atoms with Crippen LogP contribution in [0, 0.1) is 10.1 Å². The van der Waals surface area contributed by atoms with E-state index in [0.717, 1.165) is 32.5 Å². The molecule has 0 bridgehead atoms. The van der Waals surface area contributed by atoms with Crippen LogP contribution in [-0.4, -0.2) is 22.9 Å². The van der Waals surface area contributed by atoms with Crippen molar-refractivity contribution in [1.29, 1.82) is 0 Å². The van der Waals surface area contributed by atoms with Gasteiger partial charge in [0.1, 0.15) is 0 Å². The molecule has 1 aliphatic carbocycles. The summed E-state index contributed by atoms with van der Waals surface area (Å²) < 4.78 is 0. The summed E-state index contributed by atoms with van der Waals surface area (Å²) in [6, 6.07) is 14.0. The van der Waals surface area contributed by atoms with Crippen molar-refractivity contribution in [2.75, 3.05) is 13.1 Å². The summed E-state index contributed by atoms with van der Waals surface area (Å²) in [5.41, 5.74) is 6.12. The lowest BCUT2D eigenvalue weighted by atomic mass is 9.87. The van der Waals surface area contributed by atoms with E-state index < -0.39 is 0 Å².